The van der Waals surface area contributed by atoms with Gasteiger partial charge in [0, 0.05) is 33.8 Å². The Morgan fingerprint density at radius 2 is 1.30 bits per heavy atom. The lowest BCUT2D eigenvalue weighted by atomic mass is 10.0. The van der Waals surface area contributed by atoms with Crippen LogP contribution in [0.1, 0.15) is 12.5 Å². The molecule has 0 fully saturated rings. The van der Waals surface area contributed by atoms with Crippen molar-refractivity contribution >= 4 is 45.2 Å². The maximum absolute atomic E-state index is 9.24. The number of allylic oxidation sites excluding steroid dienone is 5. The molecule has 0 N–H and O–H groups in total. The van der Waals surface area contributed by atoms with Gasteiger partial charge in [0.2, 0.25) is 0 Å². The third-order valence-corrected chi connectivity index (χ3v) is 9.01. The van der Waals surface area contributed by atoms with Gasteiger partial charge in [0.05, 0.1) is 4.53 Å². The Labute approximate surface area is 201 Å². The van der Waals surface area contributed by atoms with E-state index < -0.39 is 0 Å². The maximum Gasteiger partial charge on any atom is 0.146 e. The molecule has 7 heteroatoms. The van der Waals surface area contributed by atoms with E-state index in [2.05, 4.69) is 24.8 Å². The van der Waals surface area contributed by atoms with E-state index in [1.54, 1.807) is 22.7 Å². The molecule has 3 aromatic heterocycles. The number of hydrogen-bond donors (Lipinski definition) is 0. The first-order valence-corrected chi connectivity index (χ1v) is 12.1. The van der Waals surface area contributed by atoms with Crippen LogP contribution in [0.2, 0.25) is 0 Å². The molecule has 1 aliphatic rings. The monoisotopic (exact) mass is 478 g/mol. The number of nitriles is 4. The Kier molecular flexibility index (Phi) is 5.97. The summed E-state index contributed by atoms with van der Waals surface area (Å²) in [4.78, 5) is 0. The number of rotatable bonds is 0. The van der Waals surface area contributed by atoms with Crippen molar-refractivity contribution in [2.75, 3.05) is 0 Å². The van der Waals surface area contributed by atoms with Crippen LogP contribution in [-0.2, 0) is 0 Å². The summed E-state index contributed by atoms with van der Waals surface area (Å²) in [6.45, 7) is 8.10. The van der Waals surface area contributed by atoms with Crippen molar-refractivity contribution in [3.63, 3.8) is 0 Å². The highest BCUT2D eigenvalue weighted by Gasteiger charge is 2.21. The van der Waals surface area contributed by atoms with Gasteiger partial charge in [0.1, 0.15) is 35.4 Å². The van der Waals surface area contributed by atoms with Crippen molar-refractivity contribution in [2.24, 2.45) is 0 Å². The van der Waals surface area contributed by atoms with Crippen LogP contribution >= 0.6 is 34.0 Å². The first kappa shape index (κ1) is 22.2. The zero-order valence-corrected chi connectivity index (χ0v) is 20.1. The second kappa shape index (κ2) is 8.87. The van der Waals surface area contributed by atoms with Crippen LogP contribution in [0.15, 0.2) is 65.3 Å². The molecular weight excluding hydrogens is 465 g/mol. The summed E-state index contributed by atoms with van der Waals surface area (Å²) >= 11 is 4.78. The van der Waals surface area contributed by atoms with E-state index in [-0.39, 0.29) is 11.1 Å². The van der Waals surface area contributed by atoms with E-state index in [1.165, 1.54) is 11.3 Å². The van der Waals surface area contributed by atoms with Crippen molar-refractivity contribution in [3.8, 4) is 24.3 Å². The molecule has 0 atom stereocenters. The van der Waals surface area contributed by atoms with Crippen molar-refractivity contribution in [1.82, 2.24) is 0 Å². The van der Waals surface area contributed by atoms with Crippen LogP contribution in [0.4, 0.5) is 0 Å². The summed E-state index contributed by atoms with van der Waals surface area (Å²) < 4.78 is 6.13. The van der Waals surface area contributed by atoms with Gasteiger partial charge in [-0.2, -0.15) is 21.0 Å². The van der Waals surface area contributed by atoms with Crippen LogP contribution in [-0.4, -0.2) is 0 Å². The second-order valence-corrected chi connectivity index (χ2v) is 10.5. The molecule has 0 amide bonds. The van der Waals surface area contributed by atoms with Gasteiger partial charge < -0.3 is 0 Å². The van der Waals surface area contributed by atoms with Gasteiger partial charge in [-0.15, -0.1) is 34.0 Å². The molecule has 0 bridgehead atoms. The summed E-state index contributed by atoms with van der Waals surface area (Å²) in [5, 5.41) is 36.8. The fourth-order valence-corrected chi connectivity index (χ4v) is 7.18. The Bertz CT molecular complexity index is 1860. The third kappa shape index (κ3) is 3.87. The van der Waals surface area contributed by atoms with Gasteiger partial charge in [-0.05, 0) is 67.0 Å². The summed E-state index contributed by atoms with van der Waals surface area (Å²) in [5.41, 5.74) is 4.51. The summed E-state index contributed by atoms with van der Waals surface area (Å²) in [7, 11) is 0. The van der Waals surface area contributed by atoms with Gasteiger partial charge in [0.25, 0.3) is 0 Å². The van der Waals surface area contributed by atoms with Crippen LogP contribution in [0, 0.1) is 70.4 Å². The van der Waals surface area contributed by atoms with Gasteiger partial charge in [-0.1, -0.05) is 6.58 Å². The molecule has 4 nitrogen and oxygen atoms in total. The number of aryl methyl sites for hydroxylation is 1. The summed E-state index contributed by atoms with van der Waals surface area (Å²) in [6.07, 6.45) is 1.85. The molecule has 3 aromatic rings. The van der Waals surface area contributed by atoms with Crippen LogP contribution in [0.5, 0.6) is 0 Å². The highest BCUT2D eigenvalue weighted by molar-refractivity contribution is 7.13. The smallest absolute Gasteiger partial charge is 0.146 e. The van der Waals surface area contributed by atoms with Crippen molar-refractivity contribution in [3.05, 3.63) is 98.0 Å². The summed E-state index contributed by atoms with van der Waals surface area (Å²) in [6, 6.07) is 18.0. The van der Waals surface area contributed by atoms with E-state index in [9.17, 15) is 10.5 Å². The molecule has 0 saturated carbocycles. The highest BCUT2D eigenvalue weighted by Crippen LogP contribution is 2.36. The van der Waals surface area contributed by atoms with Gasteiger partial charge in [-0.3, -0.25) is 0 Å². The van der Waals surface area contributed by atoms with Crippen LogP contribution in [0.3, 0.4) is 0 Å². The van der Waals surface area contributed by atoms with Crippen LogP contribution in [0.25, 0.3) is 11.1 Å². The fourth-order valence-electron chi connectivity index (χ4n) is 3.64. The number of thiophene rings is 3. The molecule has 0 saturated heterocycles. The standard InChI is InChI=1S/C26H14N4S3/c1-14-8-19(17(10-27)11-28)16(3)25(14)22-6-4-20(31-22)21-5-7-23(32-21)26-15(2)9-24(33-26)18(12-29)13-30/h4-9H,3H2,1-2H3/b21-20+,25-22+,26-23+. The minimum atomic E-state index is 0.0768. The minimum Gasteiger partial charge on any atom is -0.192 e. The third-order valence-electron chi connectivity index (χ3n) is 5.19. The van der Waals surface area contributed by atoms with E-state index >= 15 is 0 Å². The first-order chi connectivity index (χ1) is 15.9. The Balaban J connectivity index is 1.96. The average Bonchev–Trinajstić information content (AvgIpc) is 3.57. The predicted molar refractivity (Wildman–Crippen MR) is 131 cm³/mol. The van der Waals surface area contributed by atoms with Gasteiger partial charge in [0.15, 0.2) is 0 Å². The highest BCUT2D eigenvalue weighted by atomic mass is 32.1. The van der Waals surface area contributed by atoms with E-state index in [0.29, 0.717) is 15.7 Å². The lowest BCUT2D eigenvalue weighted by molar-refractivity contribution is 1.43. The lowest BCUT2D eigenvalue weighted by Gasteiger charge is -2.01. The predicted octanol–water partition coefficient (Wildman–Crippen LogP) is 4.96. The van der Waals surface area contributed by atoms with Gasteiger partial charge >= 0.3 is 0 Å². The molecule has 0 aliphatic heterocycles. The lowest BCUT2D eigenvalue weighted by Crippen LogP contribution is -2.00. The van der Waals surface area contributed by atoms with E-state index in [4.69, 9.17) is 10.5 Å². The summed E-state index contributed by atoms with van der Waals surface area (Å²) in [5.74, 6) is 0. The average molecular weight is 479 g/mol. The normalized spacial score (nSPS) is 16.4. The molecule has 0 radical (unpaired) electrons. The largest absolute Gasteiger partial charge is 0.192 e. The van der Waals surface area contributed by atoms with Crippen molar-refractivity contribution in [2.45, 2.75) is 13.8 Å². The SMILES string of the molecule is C=C1C(=C(C#N)C#N)C=C(C)/C1=c1/cc/c(=c2/cc/c(=c3\sc(=C(C#N)C#N)cc3C)s2)s1. The zero-order chi connectivity index (χ0) is 23.7. The molecule has 0 aromatic carbocycles. The fraction of sp³-hybridized carbons (Fsp3) is 0.0769. The minimum absolute atomic E-state index is 0.0768. The molecule has 0 unspecified atom stereocenters. The van der Waals surface area contributed by atoms with Crippen molar-refractivity contribution < 1.29 is 0 Å². The molecule has 0 spiro atoms. The molecule has 33 heavy (non-hydrogen) atoms. The topological polar surface area (TPSA) is 95.2 Å². The zero-order valence-electron chi connectivity index (χ0n) is 17.7. The molecule has 4 rings (SSSR count). The Morgan fingerprint density at radius 3 is 1.91 bits per heavy atom. The first-order valence-electron chi connectivity index (χ1n) is 9.70. The molecule has 156 valence electrons. The molecule has 1 aliphatic carbocycles. The van der Waals surface area contributed by atoms with E-state index in [1.807, 2.05) is 56.3 Å². The van der Waals surface area contributed by atoms with Crippen molar-refractivity contribution in [1.29, 1.82) is 21.0 Å². The van der Waals surface area contributed by atoms with Gasteiger partial charge in [-0.25, -0.2) is 0 Å². The Hall–Kier alpha value is -3.98. The quantitative estimate of drug-likeness (QED) is 0.427. The van der Waals surface area contributed by atoms with Crippen LogP contribution < -0.4 is 9.06 Å². The second-order valence-electron chi connectivity index (χ2n) is 7.24. The maximum atomic E-state index is 9.24. The Morgan fingerprint density at radius 1 is 0.758 bits per heavy atom. The molecule has 3 heterocycles. The van der Waals surface area contributed by atoms with E-state index in [0.717, 1.165) is 39.4 Å². The number of nitrogens with zero attached hydrogens (tertiary/aromatic N) is 4. The molecular formula is C26H14N4S3. The number of hydrogen-bond acceptors (Lipinski definition) is 7.